The topological polar surface area (TPSA) is 52.8 Å². The Bertz CT molecular complexity index is 693. The Hall–Kier alpha value is -2.12. The molecule has 2 aromatic heterocycles. The summed E-state index contributed by atoms with van der Waals surface area (Å²) in [5, 5.41) is 9.57. The maximum absolute atomic E-state index is 9.02. The quantitative estimate of drug-likeness (QED) is 0.853. The Morgan fingerprint density at radius 3 is 2.86 bits per heavy atom. The number of hydrogen-bond donors (Lipinski definition) is 0. The van der Waals surface area contributed by atoms with Crippen molar-refractivity contribution in [2.45, 2.75) is 19.3 Å². The van der Waals surface area contributed by atoms with Crippen molar-refractivity contribution in [3.63, 3.8) is 0 Å². The van der Waals surface area contributed by atoms with Crippen LogP contribution in [-0.2, 0) is 0 Å². The van der Waals surface area contributed by atoms with Crippen LogP contribution in [0.2, 0.25) is 5.02 Å². The van der Waals surface area contributed by atoms with Gasteiger partial charge in [-0.1, -0.05) is 11.6 Å². The molecule has 0 N–H and O–H groups in total. The Balaban J connectivity index is 1.84. The summed E-state index contributed by atoms with van der Waals surface area (Å²) in [5.74, 6) is 1.26. The summed E-state index contributed by atoms with van der Waals surface area (Å²) in [5.41, 5.74) is 2.56. The molecule has 1 unspecified atom stereocenters. The summed E-state index contributed by atoms with van der Waals surface area (Å²) in [6.45, 7) is 3.65. The Kier molecular flexibility index (Phi) is 3.76. The highest BCUT2D eigenvalue weighted by atomic mass is 35.5. The van der Waals surface area contributed by atoms with Gasteiger partial charge < -0.3 is 4.90 Å². The number of anilines is 1. The molecule has 3 heterocycles. The van der Waals surface area contributed by atoms with Gasteiger partial charge in [-0.15, -0.1) is 0 Å². The van der Waals surface area contributed by atoms with Crippen molar-refractivity contribution in [3.8, 4) is 6.07 Å². The molecular formula is C16H15ClN4. The second kappa shape index (κ2) is 5.71. The van der Waals surface area contributed by atoms with Crippen molar-refractivity contribution >= 4 is 17.4 Å². The molecule has 1 saturated heterocycles. The van der Waals surface area contributed by atoms with Gasteiger partial charge in [0.2, 0.25) is 0 Å². The molecule has 1 aliphatic rings. The molecule has 0 spiro atoms. The average Bonchev–Trinajstić information content (AvgIpc) is 2.99. The molecule has 2 aromatic rings. The number of nitrogens with zero attached hydrogens (tertiary/aromatic N) is 4. The lowest BCUT2D eigenvalue weighted by Gasteiger charge is -2.19. The molecule has 106 valence electrons. The molecular weight excluding hydrogens is 284 g/mol. The van der Waals surface area contributed by atoms with Crippen molar-refractivity contribution in [2.24, 2.45) is 0 Å². The number of nitriles is 1. The normalized spacial score (nSPS) is 17.8. The SMILES string of the molecule is Cc1nc(N2CCC(c3ccncc3)C2)c(Cl)cc1C#N. The number of aryl methyl sites for hydroxylation is 1. The van der Waals surface area contributed by atoms with Crippen molar-refractivity contribution in [2.75, 3.05) is 18.0 Å². The second-order valence-electron chi connectivity index (χ2n) is 5.25. The number of aromatic nitrogens is 2. The van der Waals surface area contributed by atoms with E-state index >= 15 is 0 Å². The van der Waals surface area contributed by atoms with Gasteiger partial charge in [0.1, 0.15) is 11.9 Å². The van der Waals surface area contributed by atoms with Gasteiger partial charge in [-0.05, 0) is 37.1 Å². The van der Waals surface area contributed by atoms with Crippen LogP contribution in [0.3, 0.4) is 0 Å². The van der Waals surface area contributed by atoms with E-state index in [2.05, 4.69) is 33.1 Å². The van der Waals surface area contributed by atoms with E-state index in [1.54, 1.807) is 6.07 Å². The second-order valence-corrected chi connectivity index (χ2v) is 5.66. The first-order valence-corrected chi connectivity index (χ1v) is 7.29. The van der Waals surface area contributed by atoms with Crippen LogP contribution in [-0.4, -0.2) is 23.1 Å². The summed E-state index contributed by atoms with van der Waals surface area (Å²) >= 11 is 6.29. The lowest BCUT2D eigenvalue weighted by Crippen LogP contribution is -2.21. The van der Waals surface area contributed by atoms with Gasteiger partial charge in [0.15, 0.2) is 0 Å². The summed E-state index contributed by atoms with van der Waals surface area (Å²) in [7, 11) is 0. The van der Waals surface area contributed by atoms with Gasteiger partial charge in [0.25, 0.3) is 0 Å². The van der Waals surface area contributed by atoms with E-state index in [0.717, 1.165) is 31.0 Å². The van der Waals surface area contributed by atoms with E-state index in [1.165, 1.54) is 5.56 Å². The summed E-state index contributed by atoms with van der Waals surface area (Å²) < 4.78 is 0. The summed E-state index contributed by atoms with van der Waals surface area (Å²) in [4.78, 5) is 10.8. The number of pyridine rings is 2. The zero-order valence-corrected chi connectivity index (χ0v) is 12.5. The molecule has 0 amide bonds. The number of hydrogen-bond acceptors (Lipinski definition) is 4. The molecule has 5 heteroatoms. The zero-order chi connectivity index (χ0) is 14.8. The maximum atomic E-state index is 9.02. The highest BCUT2D eigenvalue weighted by Gasteiger charge is 2.26. The molecule has 21 heavy (non-hydrogen) atoms. The third kappa shape index (κ3) is 2.70. The predicted octanol–water partition coefficient (Wildman–Crippen LogP) is 3.30. The maximum Gasteiger partial charge on any atom is 0.147 e. The molecule has 3 rings (SSSR count). The minimum Gasteiger partial charge on any atom is -0.355 e. The highest BCUT2D eigenvalue weighted by Crippen LogP contribution is 2.33. The number of rotatable bonds is 2. The fourth-order valence-electron chi connectivity index (χ4n) is 2.76. The lowest BCUT2D eigenvalue weighted by atomic mass is 10.00. The largest absolute Gasteiger partial charge is 0.355 e. The molecule has 1 fully saturated rings. The van der Waals surface area contributed by atoms with Gasteiger partial charge in [0.05, 0.1) is 16.3 Å². The smallest absolute Gasteiger partial charge is 0.147 e. The van der Waals surface area contributed by atoms with Crippen molar-refractivity contribution in [3.05, 3.63) is 52.4 Å². The van der Waals surface area contributed by atoms with Gasteiger partial charge in [-0.3, -0.25) is 4.98 Å². The van der Waals surface area contributed by atoms with Crippen LogP contribution in [0.5, 0.6) is 0 Å². The first-order chi connectivity index (χ1) is 10.2. The number of halogens is 1. The standard InChI is InChI=1S/C16H15ClN4/c1-11-14(9-18)8-15(17)16(20-11)21-7-4-13(10-21)12-2-5-19-6-3-12/h2-3,5-6,8,13H,4,7,10H2,1H3. The monoisotopic (exact) mass is 298 g/mol. The van der Waals surface area contributed by atoms with Crippen LogP contribution >= 0.6 is 11.6 Å². The lowest BCUT2D eigenvalue weighted by molar-refractivity contribution is 0.772. The Morgan fingerprint density at radius 2 is 2.14 bits per heavy atom. The summed E-state index contributed by atoms with van der Waals surface area (Å²) in [6.07, 6.45) is 4.73. The zero-order valence-electron chi connectivity index (χ0n) is 11.8. The third-order valence-corrected chi connectivity index (χ3v) is 4.21. The first kappa shape index (κ1) is 13.8. The van der Waals surface area contributed by atoms with Gasteiger partial charge in [0, 0.05) is 31.4 Å². The van der Waals surface area contributed by atoms with E-state index < -0.39 is 0 Å². The van der Waals surface area contributed by atoms with Crippen molar-refractivity contribution < 1.29 is 0 Å². The van der Waals surface area contributed by atoms with Crippen LogP contribution < -0.4 is 4.90 Å². The molecule has 0 bridgehead atoms. The predicted molar refractivity (Wildman–Crippen MR) is 82.5 cm³/mol. The van der Waals surface area contributed by atoms with Gasteiger partial charge >= 0.3 is 0 Å². The van der Waals surface area contributed by atoms with Crippen LogP contribution in [0.15, 0.2) is 30.6 Å². The van der Waals surface area contributed by atoms with Crippen molar-refractivity contribution in [1.29, 1.82) is 5.26 Å². The molecule has 1 atom stereocenters. The van der Waals surface area contributed by atoms with Gasteiger partial charge in [-0.25, -0.2) is 4.98 Å². The average molecular weight is 299 g/mol. The van der Waals surface area contributed by atoms with Crippen LogP contribution in [0.4, 0.5) is 5.82 Å². The molecule has 0 aromatic carbocycles. The van der Waals surface area contributed by atoms with Crippen LogP contribution in [0, 0.1) is 18.3 Å². The van der Waals surface area contributed by atoms with E-state index in [4.69, 9.17) is 16.9 Å². The van der Waals surface area contributed by atoms with Gasteiger partial charge in [-0.2, -0.15) is 5.26 Å². The summed E-state index contributed by atoms with van der Waals surface area (Å²) in [6, 6.07) is 7.95. The van der Waals surface area contributed by atoms with Crippen LogP contribution in [0.1, 0.15) is 29.2 Å². The molecule has 0 radical (unpaired) electrons. The van der Waals surface area contributed by atoms with Crippen LogP contribution in [0.25, 0.3) is 0 Å². The van der Waals surface area contributed by atoms with E-state index in [1.807, 2.05) is 19.3 Å². The first-order valence-electron chi connectivity index (χ1n) is 6.91. The fourth-order valence-corrected chi connectivity index (χ4v) is 3.03. The minimum absolute atomic E-state index is 0.474. The highest BCUT2D eigenvalue weighted by molar-refractivity contribution is 6.33. The van der Waals surface area contributed by atoms with E-state index in [-0.39, 0.29) is 0 Å². The van der Waals surface area contributed by atoms with Crippen molar-refractivity contribution in [1.82, 2.24) is 9.97 Å². The minimum atomic E-state index is 0.474. The molecule has 1 aliphatic heterocycles. The third-order valence-electron chi connectivity index (χ3n) is 3.93. The van der Waals surface area contributed by atoms with E-state index in [9.17, 15) is 0 Å². The molecule has 4 nitrogen and oxygen atoms in total. The fraction of sp³-hybridized carbons (Fsp3) is 0.312. The molecule has 0 saturated carbocycles. The molecule has 0 aliphatic carbocycles. The Labute approximate surface area is 129 Å². The Morgan fingerprint density at radius 1 is 1.38 bits per heavy atom. The van der Waals surface area contributed by atoms with E-state index in [0.29, 0.717) is 16.5 Å².